The van der Waals surface area contributed by atoms with Gasteiger partial charge in [0.2, 0.25) is 0 Å². The fourth-order valence-corrected chi connectivity index (χ4v) is 2.43. The maximum Gasteiger partial charge on any atom is 0.0789 e. The van der Waals surface area contributed by atoms with Crippen molar-refractivity contribution < 1.29 is 4.74 Å². The minimum absolute atomic E-state index is 0.447. The Bertz CT molecular complexity index is 195. The van der Waals surface area contributed by atoms with E-state index < -0.39 is 0 Å². The van der Waals surface area contributed by atoms with E-state index in [1.54, 1.807) is 0 Å². The molecule has 0 spiro atoms. The third-order valence-corrected chi connectivity index (χ3v) is 3.36. The molecule has 1 heterocycles. The number of rotatable bonds is 0. The Kier molecular flexibility index (Phi) is 2.22. The summed E-state index contributed by atoms with van der Waals surface area (Å²) in [6, 6.07) is 0. The molecule has 0 N–H and O–H groups in total. The molecular formula is C11H18O. The molecule has 0 bridgehead atoms. The lowest BCUT2D eigenvalue weighted by atomic mass is 9.77. The van der Waals surface area contributed by atoms with Gasteiger partial charge in [-0.2, -0.15) is 0 Å². The van der Waals surface area contributed by atoms with Crippen LogP contribution in [0.15, 0.2) is 11.6 Å². The van der Waals surface area contributed by atoms with E-state index in [0.717, 1.165) is 18.4 Å². The molecule has 0 radical (unpaired) electrons. The van der Waals surface area contributed by atoms with Crippen molar-refractivity contribution in [2.75, 3.05) is 6.61 Å². The second-order valence-corrected chi connectivity index (χ2v) is 4.32. The third-order valence-electron chi connectivity index (χ3n) is 3.36. The van der Waals surface area contributed by atoms with Gasteiger partial charge in [0, 0.05) is 6.61 Å². The molecule has 0 amide bonds. The van der Waals surface area contributed by atoms with Crippen LogP contribution in [0.1, 0.15) is 33.1 Å². The van der Waals surface area contributed by atoms with Gasteiger partial charge < -0.3 is 4.74 Å². The minimum Gasteiger partial charge on any atom is -0.374 e. The Morgan fingerprint density at radius 1 is 1.42 bits per heavy atom. The summed E-state index contributed by atoms with van der Waals surface area (Å²) in [6.45, 7) is 5.56. The van der Waals surface area contributed by atoms with Gasteiger partial charge in [-0.05, 0) is 38.0 Å². The summed E-state index contributed by atoms with van der Waals surface area (Å²) in [4.78, 5) is 0. The monoisotopic (exact) mass is 166 g/mol. The van der Waals surface area contributed by atoms with Crippen LogP contribution in [0.5, 0.6) is 0 Å². The van der Waals surface area contributed by atoms with Gasteiger partial charge in [-0.15, -0.1) is 0 Å². The topological polar surface area (TPSA) is 9.23 Å². The summed E-state index contributed by atoms with van der Waals surface area (Å²) in [5.74, 6) is 1.68. The van der Waals surface area contributed by atoms with Crippen LogP contribution in [0.3, 0.4) is 0 Å². The van der Waals surface area contributed by atoms with Gasteiger partial charge in [-0.25, -0.2) is 0 Å². The van der Waals surface area contributed by atoms with E-state index in [2.05, 4.69) is 19.9 Å². The summed E-state index contributed by atoms with van der Waals surface area (Å²) in [5, 5.41) is 0. The molecule has 0 aromatic carbocycles. The molecule has 1 saturated heterocycles. The van der Waals surface area contributed by atoms with Crippen molar-refractivity contribution in [2.24, 2.45) is 11.8 Å². The second-order valence-electron chi connectivity index (χ2n) is 4.32. The molecule has 1 aliphatic heterocycles. The predicted octanol–water partition coefficient (Wildman–Crippen LogP) is 2.77. The lowest BCUT2D eigenvalue weighted by Gasteiger charge is -2.38. The fourth-order valence-electron chi connectivity index (χ4n) is 2.43. The van der Waals surface area contributed by atoms with E-state index in [9.17, 15) is 0 Å². The van der Waals surface area contributed by atoms with Crippen LogP contribution < -0.4 is 0 Å². The van der Waals surface area contributed by atoms with Crippen LogP contribution in [0.2, 0.25) is 0 Å². The smallest absolute Gasteiger partial charge is 0.0789 e. The first kappa shape index (κ1) is 8.31. The first-order valence-corrected chi connectivity index (χ1v) is 5.06. The van der Waals surface area contributed by atoms with Crippen molar-refractivity contribution >= 4 is 0 Å². The van der Waals surface area contributed by atoms with E-state index >= 15 is 0 Å². The molecule has 2 rings (SSSR count). The van der Waals surface area contributed by atoms with Gasteiger partial charge in [0.25, 0.3) is 0 Å². The maximum absolute atomic E-state index is 5.75. The highest BCUT2D eigenvalue weighted by atomic mass is 16.5. The highest BCUT2D eigenvalue weighted by Crippen LogP contribution is 2.35. The molecule has 0 saturated carbocycles. The standard InChI is InChI=1S/C11H18O/c1-8-3-4-10-9(2)5-6-12-11(10)7-8/h7,9-11H,3-6H2,1-2H3. The van der Waals surface area contributed by atoms with Gasteiger partial charge >= 0.3 is 0 Å². The zero-order valence-electron chi connectivity index (χ0n) is 8.05. The first-order valence-electron chi connectivity index (χ1n) is 5.06. The van der Waals surface area contributed by atoms with Crippen LogP contribution >= 0.6 is 0 Å². The normalized spacial score (nSPS) is 41.8. The van der Waals surface area contributed by atoms with Gasteiger partial charge in [-0.3, -0.25) is 0 Å². The second kappa shape index (κ2) is 3.21. The van der Waals surface area contributed by atoms with Crippen molar-refractivity contribution in [3.8, 4) is 0 Å². The number of hydrogen-bond acceptors (Lipinski definition) is 1. The van der Waals surface area contributed by atoms with Crippen LogP contribution in [-0.2, 0) is 4.74 Å². The zero-order chi connectivity index (χ0) is 8.55. The quantitative estimate of drug-likeness (QED) is 0.503. The lowest BCUT2D eigenvalue weighted by molar-refractivity contribution is -0.0321. The molecule has 1 heteroatoms. The van der Waals surface area contributed by atoms with Crippen molar-refractivity contribution in [2.45, 2.75) is 39.2 Å². The van der Waals surface area contributed by atoms with Crippen LogP contribution in [0.25, 0.3) is 0 Å². The Morgan fingerprint density at radius 2 is 2.25 bits per heavy atom. The Balaban J connectivity index is 2.12. The average molecular weight is 166 g/mol. The van der Waals surface area contributed by atoms with Crippen molar-refractivity contribution in [3.63, 3.8) is 0 Å². The lowest BCUT2D eigenvalue weighted by Crippen LogP contribution is -2.35. The first-order chi connectivity index (χ1) is 5.77. The molecule has 68 valence electrons. The molecule has 1 fully saturated rings. The summed E-state index contributed by atoms with van der Waals surface area (Å²) >= 11 is 0. The summed E-state index contributed by atoms with van der Waals surface area (Å²) in [5.41, 5.74) is 1.52. The van der Waals surface area contributed by atoms with Crippen molar-refractivity contribution in [3.05, 3.63) is 11.6 Å². The highest BCUT2D eigenvalue weighted by molar-refractivity contribution is 5.09. The highest BCUT2D eigenvalue weighted by Gasteiger charge is 2.31. The molecule has 12 heavy (non-hydrogen) atoms. The summed E-state index contributed by atoms with van der Waals surface area (Å²) in [7, 11) is 0. The number of hydrogen-bond donors (Lipinski definition) is 0. The van der Waals surface area contributed by atoms with E-state index in [-0.39, 0.29) is 0 Å². The van der Waals surface area contributed by atoms with E-state index in [0.29, 0.717) is 6.10 Å². The number of ether oxygens (including phenoxy) is 1. The molecule has 2 aliphatic rings. The van der Waals surface area contributed by atoms with E-state index in [4.69, 9.17) is 4.74 Å². The SMILES string of the molecule is CC1=CC2OCCC(C)C2CC1. The maximum atomic E-state index is 5.75. The fraction of sp³-hybridized carbons (Fsp3) is 0.818. The molecule has 3 atom stereocenters. The Labute approximate surface area is 74.8 Å². The summed E-state index contributed by atoms with van der Waals surface area (Å²) < 4.78 is 5.75. The number of fused-ring (bicyclic) bond motifs is 1. The molecule has 1 aliphatic carbocycles. The van der Waals surface area contributed by atoms with Crippen molar-refractivity contribution in [1.82, 2.24) is 0 Å². The van der Waals surface area contributed by atoms with Crippen LogP contribution in [0, 0.1) is 11.8 Å². The van der Waals surface area contributed by atoms with Gasteiger partial charge in [-0.1, -0.05) is 18.6 Å². The molecule has 0 aromatic heterocycles. The minimum atomic E-state index is 0.447. The molecule has 3 unspecified atom stereocenters. The Morgan fingerprint density at radius 3 is 3.08 bits per heavy atom. The molecule has 1 nitrogen and oxygen atoms in total. The van der Waals surface area contributed by atoms with E-state index in [1.165, 1.54) is 24.8 Å². The largest absolute Gasteiger partial charge is 0.374 e. The van der Waals surface area contributed by atoms with Crippen LogP contribution in [-0.4, -0.2) is 12.7 Å². The molecular weight excluding hydrogens is 148 g/mol. The zero-order valence-corrected chi connectivity index (χ0v) is 8.05. The van der Waals surface area contributed by atoms with Gasteiger partial charge in [0.1, 0.15) is 0 Å². The van der Waals surface area contributed by atoms with Gasteiger partial charge in [0.15, 0.2) is 0 Å². The third kappa shape index (κ3) is 1.42. The van der Waals surface area contributed by atoms with Gasteiger partial charge in [0.05, 0.1) is 6.10 Å². The predicted molar refractivity (Wildman–Crippen MR) is 50.0 cm³/mol. The van der Waals surface area contributed by atoms with Crippen molar-refractivity contribution in [1.29, 1.82) is 0 Å². The number of allylic oxidation sites excluding steroid dienone is 1. The molecule has 0 aromatic rings. The summed E-state index contributed by atoms with van der Waals surface area (Å²) in [6.07, 6.45) is 6.67. The average Bonchev–Trinajstić information content (AvgIpc) is 2.04. The Hall–Kier alpha value is -0.300. The van der Waals surface area contributed by atoms with E-state index in [1.807, 2.05) is 0 Å². The van der Waals surface area contributed by atoms with Crippen LogP contribution in [0.4, 0.5) is 0 Å².